The van der Waals surface area contributed by atoms with E-state index in [0.29, 0.717) is 24.3 Å². The molecule has 1 amide bonds. The van der Waals surface area contributed by atoms with Crippen molar-refractivity contribution in [3.63, 3.8) is 0 Å². The van der Waals surface area contributed by atoms with Gasteiger partial charge >= 0.3 is 0 Å². The molecule has 2 heterocycles. The van der Waals surface area contributed by atoms with E-state index in [1.807, 2.05) is 30.3 Å². The van der Waals surface area contributed by atoms with Crippen LogP contribution in [-0.4, -0.2) is 54.2 Å². The van der Waals surface area contributed by atoms with Gasteiger partial charge in [0, 0.05) is 36.8 Å². The quantitative estimate of drug-likeness (QED) is 0.821. The van der Waals surface area contributed by atoms with Gasteiger partial charge in [-0.15, -0.1) is 0 Å². The molecule has 1 aliphatic heterocycles. The molecule has 0 unspecified atom stereocenters. The molecule has 25 heavy (non-hydrogen) atoms. The third-order valence-corrected chi connectivity index (χ3v) is 4.55. The number of nitrogens with one attached hydrogen (secondary N) is 1. The number of morpholine rings is 1. The molecule has 1 fully saturated rings. The highest BCUT2D eigenvalue weighted by atomic mass is 16.5. The van der Waals surface area contributed by atoms with Gasteiger partial charge < -0.3 is 10.1 Å². The molecule has 1 aromatic carbocycles. The second kappa shape index (κ2) is 8.41. The summed E-state index contributed by atoms with van der Waals surface area (Å²) < 4.78 is 5.75. The van der Waals surface area contributed by atoms with Gasteiger partial charge in [0.05, 0.1) is 17.7 Å². The average molecular weight is 341 g/mol. The standard InChI is InChI=1S/C20H27N3O2/c1-15-13-23(14-16(2)25-15)11-4-3-9-22-20(24)18-7-8-19-17(12-18)6-5-10-21-19/h5-8,10,12,15-16H,3-4,9,11,13-14H2,1-2H3,(H,22,24)/t15-,16-/m0/s1. The Balaban J connectivity index is 1.40. The molecule has 0 bridgehead atoms. The smallest absolute Gasteiger partial charge is 0.251 e. The van der Waals surface area contributed by atoms with Crippen molar-refractivity contribution in [1.29, 1.82) is 0 Å². The van der Waals surface area contributed by atoms with Gasteiger partial charge in [0.2, 0.25) is 0 Å². The number of ether oxygens (including phenoxy) is 1. The van der Waals surface area contributed by atoms with Gasteiger partial charge in [-0.2, -0.15) is 0 Å². The van der Waals surface area contributed by atoms with Crippen LogP contribution >= 0.6 is 0 Å². The number of unbranched alkanes of at least 4 members (excludes halogenated alkanes) is 1. The number of hydrogen-bond donors (Lipinski definition) is 1. The summed E-state index contributed by atoms with van der Waals surface area (Å²) in [5.41, 5.74) is 1.60. The molecule has 5 nitrogen and oxygen atoms in total. The van der Waals surface area contributed by atoms with Crippen molar-refractivity contribution in [3.05, 3.63) is 42.1 Å². The molecule has 5 heteroatoms. The molecule has 0 aliphatic carbocycles. The Morgan fingerprint density at radius 2 is 2.04 bits per heavy atom. The first-order valence-corrected chi connectivity index (χ1v) is 9.12. The predicted octanol–water partition coefficient (Wildman–Crippen LogP) is 2.85. The summed E-state index contributed by atoms with van der Waals surface area (Å²) in [6, 6.07) is 9.49. The minimum atomic E-state index is -0.0145. The lowest BCUT2D eigenvalue weighted by Gasteiger charge is -2.35. The maximum absolute atomic E-state index is 12.3. The molecular weight excluding hydrogens is 314 g/mol. The number of carbonyl (C=O) groups excluding carboxylic acids is 1. The number of pyridine rings is 1. The average Bonchev–Trinajstić information content (AvgIpc) is 2.60. The van der Waals surface area contributed by atoms with Crippen LogP contribution in [0.15, 0.2) is 36.5 Å². The first-order valence-electron chi connectivity index (χ1n) is 9.12. The minimum absolute atomic E-state index is 0.0145. The fourth-order valence-electron chi connectivity index (χ4n) is 3.45. The summed E-state index contributed by atoms with van der Waals surface area (Å²) in [7, 11) is 0. The van der Waals surface area contributed by atoms with E-state index in [-0.39, 0.29) is 5.91 Å². The van der Waals surface area contributed by atoms with Crippen LogP contribution < -0.4 is 5.32 Å². The zero-order valence-electron chi connectivity index (χ0n) is 15.1. The van der Waals surface area contributed by atoms with Gasteiger partial charge in [-0.3, -0.25) is 14.7 Å². The Morgan fingerprint density at radius 3 is 2.84 bits per heavy atom. The number of benzene rings is 1. The molecular formula is C20H27N3O2. The molecule has 1 N–H and O–H groups in total. The first-order chi connectivity index (χ1) is 12.1. The van der Waals surface area contributed by atoms with Crippen molar-refractivity contribution < 1.29 is 9.53 Å². The van der Waals surface area contributed by atoms with E-state index in [9.17, 15) is 4.79 Å². The van der Waals surface area contributed by atoms with Crippen LogP contribution in [0, 0.1) is 0 Å². The molecule has 1 saturated heterocycles. The Labute approximate surface area is 149 Å². The fraction of sp³-hybridized carbons (Fsp3) is 0.500. The molecule has 1 aliphatic rings. The van der Waals surface area contributed by atoms with Crippen LogP contribution in [0.25, 0.3) is 10.9 Å². The molecule has 2 atom stereocenters. The number of carbonyl (C=O) groups is 1. The van der Waals surface area contributed by atoms with Gasteiger partial charge in [0.25, 0.3) is 5.91 Å². The van der Waals surface area contributed by atoms with E-state index in [0.717, 1.165) is 43.4 Å². The van der Waals surface area contributed by atoms with E-state index in [2.05, 4.69) is 29.0 Å². The lowest BCUT2D eigenvalue weighted by Crippen LogP contribution is -2.45. The Morgan fingerprint density at radius 1 is 1.24 bits per heavy atom. The van der Waals surface area contributed by atoms with Crippen LogP contribution in [0.3, 0.4) is 0 Å². The SMILES string of the molecule is C[C@H]1CN(CCCCNC(=O)c2ccc3ncccc3c2)C[C@H](C)O1. The Kier molecular flexibility index (Phi) is 6.00. The van der Waals surface area contributed by atoms with Crippen molar-refractivity contribution in [2.24, 2.45) is 0 Å². The first kappa shape index (κ1) is 17.8. The second-order valence-corrected chi connectivity index (χ2v) is 6.89. The summed E-state index contributed by atoms with van der Waals surface area (Å²) in [6.07, 6.45) is 4.46. The van der Waals surface area contributed by atoms with Crippen molar-refractivity contribution in [1.82, 2.24) is 15.2 Å². The zero-order chi connectivity index (χ0) is 17.6. The number of aromatic nitrogens is 1. The van der Waals surface area contributed by atoms with E-state index in [4.69, 9.17) is 4.74 Å². The van der Waals surface area contributed by atoms with Gasteiger partial charge in [0.15, 0.2) is 0 Å². The summed E-state index contributed by atoms with van der Waals surface area (Å²) in [4.78, 5) is 19.0. The van der Waals surface area contributed by atoms with Crippen molar-refractivity contribution in [3.8, 4) is 0 Å². The third kappa shape index (κ3) is 5.00. The van der Waals surface area contributed by atoms with Crippen LogP contribution in [0.5, 0.6) is 0 Å². The number of hydrogen-bond acceptors (Lipinski definition) is 4. The second-order valence-electron chi connectivity index (χ2n) is 6.89. The van der Waals surface area contributed by atoms with Gasteiger partial charge in [0.1, 0.15) is 0 Å². The Bertz CT molecular complexity index is 709. The van der Waals surface area contributed by atoms with E-state index < -0.39 is 0 Å². The highest BCUT2D eigenvalue weighted by molar-refractivity contribution is 5.97. The molecule has 2 aromatic rings. The molecule has 0 saturated carbocycles. The van der Waals surface area contributed by atoms with Crippen LogP contribution in [-0.2, 0) is 4.74 Å². The molecule has 0 spiro atoms. The molecule has 134 valence electrons. The molecule has 3 rings (SSSR count). The van der Waals surface area contributed by atoms with Gasteiger partial charge in [-0.1, -0.05) is 6.07 Å². The number of rotatable bonds is 6. The predicted molar refractivity (Wildman–Crippen MR) is 99.8 cm³/mol. The monoisotopic (exact) mass is 341 g/mol. The Hall–Kier alpha value is -1.98. The van der Waals surface area contributed by atoms with Crippen molar-refractivity contribution in [2.75, 3.05) is 26.2 Å². The van der Waals surface area contributed by atoms with Crippen LogP contribution in [0.1, 0.15) is 37.0 Å². The summed E-state index contributed by atoms with van der Waals surface area (Å²) in [5.74, 6) is -0.0145. The van der Waals surface area contributed by atoms with E-state index in [1.165, 1.54) is 0 Å². The lowest BCUT2D eigenvalue weighted by atomic mass is 10.1. The van der Waals surface area contributed by atoms with E-state index >= 15 is 0 Å². The fourth-order valence-corrected chi connectivity index (χ4v) is 3.45. The number of nitrogens with zero attached hydrogens (tertiary/aromatic N) is 2. The summed E-state index contributed by atoms with van der Waals surface area (Å²) >= 11 is 0. The maximum Gasteiger partial charge on any atom is 0.251 e. The third-order valence-electron chi connectivity index (χ3n) is 4.55. The van der Waals surface area contributed by atoms with Crippen molar-refractivity contribution >= 4 is 16.8 Å². The van der Waals surface area contributed by atoms with Crippen LogP contribution in [0.4, 0.5) is 0 Å². The molecule has 1 aromatic heterocycles. The number of fused-ring (bicyclic) bond motifs is 1. The highest BCUT2D eigenvalue weighted by Gasteiger charge is 2.21. The highest BCUT2D eigenvalue weighted by Crippen LogP contribution is 2.13. The largest absolute Gasteiger partial charge is 0.373 e. The maximum atomic E-state index is 12.3. The zero-order valence-corrected chi connectivity index (χ0v) is 15.1. The van der Waals surface area contributed by atoms with Crippen molar-refractivity contribution in [2.45, 2.75) is 38.9 Å². The van der Waals surface area contributed by atoms with Crippen LogP contribution in [0.2, 0.25) is 0 Å². The molecule has 0 radical (unpaired) electrons. The summed E-state index contributed by atoms with van der Waals surface area (Å²) in [5, 5.41) is 4.01. The van der Waals surface area contributed by atoms with Gasteiger partial charge in [-0.25, -0.2) is 0 Å². The topological polar surface area (TPSA) is 54.5 Å². The van der Waals surface area contributed by atoms with Gasteiger partial charge in [-0.05, 0) is 57.5 Å². The summed E-state index contributed by atoms with van der Waals surface area (Å²) in [6.45, 7) is 8.03. The van der Waals surface area contributed by atoms with E-state index in [1.54, 1.807) is 6.20 Å². The minimum Gasteiger partial charge on any atom is -0.373 e. The number of amides is 1. The lowest BCUT2D eigenvalue weighted by molar-refractivity contribution is -0.0681. The normalized spacial score (nSPS) is 21.4.